The van der Waals surface area contributed by atoms with Crippen molar-refractivity contribution in [3.63, 3.8) is 0 Å². The van der Waals surface area contributed by atoms with Crippen LogP contribution in [0, 0.1) is 0 Å². The second-order valence-electron chi connectivity index (χ2n) is 6.83. The third-order valence-corrected chi connectivity index (χ3v) is 6.77. The first kappa shape index (κ1) is 18.3. The van der Waals surface area contributed by atoms with Gasteiger partial charge in [0, 0.05) is 17.3 Å². The van der Waals surface area contributed by atoms with Gasteiger partial charge in [-0.1, -0.05) is 36.4 Å². The molecule has 4 rings (SSSR count). The van der Waals surface area contributed by atoms with Gasteiger partial charge in [-0.25, -0.2) is 8.42 Å². The van der Waals surface area contributed by atoms with E-state index in [1.54, 1.807) is 48.5 Å². The summed E-state index contributed by atoms with van der Waals surface area (Å²) in [6.07, 6.45) is 0.563. The number of rotatable bonds is 4. The Morgan fingerprint density at radius 2 is 1.61 bits per heavy atom. The van der Waals surface area contributed by atoms with Gasteiger partial charge in [-0.05, 0) is 61.4 Å². The summed E-state index contributed by atoms with van der Waals surface area (Å²) in [5.41, 5.74) is 2.71. The van der Waals surface area contributed by atoms with E-state index in [0.717, 1.165) is 11.3 Å². The lowest BCUT2D eigenvalue weighted by molar-refractivity contribution is 0.102. The number of sulfonamides is 1. The lowest BCUT2D eigenvalue weighted by Gasteiger charge is -2.24. The van der Waals surface area contributed by atoms with Gasteiger partial charge in [0.15, 0.2) is 0 Å². The molecule has 0 saturated heterocycles. The highest BCUT2D eigenvalue weighted by Gasteiger charge is 2.36. The quantitative estimate of drug-likeness (QED) is 0.728. The minimum Gasteiger partial charge on any atom is -0.322 e. The second kappa shape index (κ2) is 7.13. The molecule has 1 atom stereocenters. The van der Waals surface area contributed by atoms with Crippen molar-refractivity contribution in [1.29, 1.82) is 0 Å². The average Bonchev–Trinajstić information content (AvgIpc) is 3.05. The van der Waals surface area contributed by atoms with E-state index in [4.69, 9.17) is 0 Å². The molecule has 0 aliphatic carbocycles. The third-order valence-electron chi connectivity index (χ3n) is 4.83. The molecule has 0 saturated carbocycles. The molecular formula is C22H20N2O3S. The molecule has 1 N–H and O–H groups in total. The molecule has 1 amide bonds. The van der Waals surface area contributed by atoms with Gasteiger partial charge in [-0.3, -0.25) is 9.10 Å². The first-order valence-corrected chi connectivity index (χ1v) is 10.5. The highest BCUT2D eigenvalue weighted by Crippen LogP contribution is 2.37. The summed E-state index contributed by atoms with van der Waals surface area (Å²) < 4.78 is 27.7. The van der Waals surface area contributed by atoms with Crippen molar-refractivity contribution >= 4 is 27.3 Å². The Morgan fingerprint density at radius 3 is 2.29 bits per heavy atom. The van der Waals surface area contributed by atoms with E-state index in [9.17, 15) is 13.2 Å². The van der Waals surface area contributed by atoms with Crippen molar-refractivity contribution in [2.75, 3.05) is 9.62 Å². The smallest absolute Gasteiger partial charge is 0.264 e. The summed E-state index contributed by atoms with van der Waals surface area (Å²) in [4.78, 5) is 12.8. The summed E-state index contributed by atoms with van der Waals surface area (Å²) in [7, 11) is -3.65. The number of hydrogen-bond donors (Lipinski definition) is 1. The number of para-hydroxylation sites is 1. The zero-order valence-corrected chi connectivity index (χ0v) is 16.2. The summed E-state index contributed by atoms with van der Waals surface area (Å²) in [6.45, 7) is 1.88. The number of fused-ring (bicyclic) bond motifs is 1. The molecule has 28 heavy (non-hydrogen) atoms. The molecule has 1 aliphatic heterocycles. The highest BCUT2D eigenvalue weighted by molar-refractivity contribution is 7.92. The molecule has 6 heteroatoms. The van der Waals surface area contributed by atoms with Gasteiger partial charge in [-0.15, -0.1) is 0 Å². The van der Waals surface area contributed by atoms with Crippen molar-refractivity contribution in [2.45, 2.75) is 24.3 Å². The Hall–Kier alpha value is -3.12. The largest absolute Gasteiger partial charge is 0.322 e. The predicted molar refractivity (Wildman–Crippen MR) is 110 cm³/mol. The summed E-state index contributed by atoms with van der Waals surface area (Å²) in [6, 6.07) is 22.6. The van der Waals surface area contributed by atoms with E-state index in [1.165, 1.54) is 4.31 Å². The van der Waals surface area contributed by atoms with E-state index in [-0.39, 0.29) is 16.8 Å². The third kappa shape index (κ3) is 3.27. The van der Waals surface area contributed by atoms with Crippen LogP contribution in [0.5, 0.6) is 0 Å². The maximum absolute atomic E-state index is 13.1. The van der Waals surface area contributed by atoms with Gasteiger partial charge in [0.25, 0.3) is 15.9 Å². The van der Waals surface area contributed by atoms with Gasteiger partial charge >= 0.3 is 0 Å². The minimum absolute atomic E-state index is 0.215. The van der Waals surface area contributed by atoms with Crippen LogP contribution >= 0.6 is 0 Å². The van der Waals surface area contributed by atoms with E-state index < -0.39 is 10.0 Å². The van der Waals surface area contributed by atoms with Gasteiger partial charge in [0.05, 0.1) is 10.6 Å². The summed E-state index contributed by atoms with van der Waals surface area (Å²) >= 11 is 0. The first-order valence-electron chi connectivity index (χ1n) is 9.05. The zero-order chi connectivity index (χ0) is 19.7. The van der Waals surface area contributed by atoms with Crippen LogP contribution in [0.25, 0.3) is 0 Å². The van der Waals surface area contributed by atoms with Gasteiger partial charge in [0.2, 0.25) is 0 Å². The molecule has 0 fully saturated rings. The Bertz CT molecular complexity index is 1110. The molecule has 0 bridgehead atoms. The molecule has 0 radical (unpaired) electrons. The summed E-state index contributed by atoms with van der Waals surface area (Å²) in [5.74, 6) is -0.217. The van der Waals surface area contributed by atoms with Crippen molar-refractivity contribution in [3.8, 4) is 0 Å². The van der Waals surface area contributed by atoms with Crippen LogP contribution in [0.1, 0.15) is 22.8 Å². The molecule has 0 unspecified atom stereocenters. The van der Waals surface area contributed by atoms with Crippen LogP contribution in [-0.4, -0.2) is 20.4 Å². The predicted octanol–water partition coefficient (Wildman–Crippen LogP) is 4.08. The maximum Gasteiger partial charge on any atom is 0.264 e. The normalized spacial score (nSPS) is 15.9. The highest BCUT2D eigenvalue weighted by atomic mass is 32.2. The first-order chi connectivity index (χ1) is 13.5. The lowest BCUT2D eigenvalue weighted by atomic mass is 10.1. The van der Waals surface area contributed by atoms with Crippen LogP contribution in [0.3, 0.4) is 0 Å². The van der Waals surface area contributed by atoms with Crippen molar-refractivity contribution < 1.29 is 13.2 Å². The zero-order valence-electron chi connectivity index (χ0n) is 15.4. The van der Waals surface area contributed by atoms with Crippen LogP contribution < -0.4 is 9.62 Å². The number of nitrogens with zero attached hydrogens (tertiary/aromatic N) is 1. The fourth-order valence-electron chi connectivity index (χ4n) is 3.54. The monoisotopic (exact) mass is 392 g/mol. The fourth-order valence-corrected chi connectivity index (χ4v) is 5.25. The number of carbonyl (C=O) groups excluding carboxylic acids is 1. The minimum atomic E-state index is -3.65. The van der Waals surface area contributed by atoms with Crippen LogP contribution in [0.2, 0.25) is 0 Å². The molecule has 3 aromatic rings. The molecule has 142 valence electrons. The molecule has 3 aromatic carbocycles. The van der Waals surface area contributed by atoms with Gasteiger partial charge < -0.3 is 5.32 Å². The Labute approximate surface area is 164 Å². The van der Waals surface area contributed by atoms with E-state index in [2.05, 4.69) is 5.32 Å². The molecule has 1 heterocycles. The number of amides is 1. The number of nitrogens with one attached hydrogen (secondary N) is 1. The number of hydrogen-bond acceptors (Lipinski definition) is 3. The van der Waals surface area contributed by atoms with Crippen LogP contribution in [0.4, 0.5) is 11.4 Å². The number of benzene rings is 3. The Balaban J connectivity index is 1.64. The Kier molecular flexibility index (Phi) is 4.65. The van der Waals surface area contributed by atoms with Crippen molar-refractivity contribution in [2.24, 2.45) is 0 Å². The van der Waals surface area contributed by atoms with Gasteiger partial charge in [-0.2, -0.15) is 0 Å². The molecule has 5 nitrogen and oxygen atoms in total. The van der Waals surface area contributed by atoms with Crippen LogP contribution in [-0.2, 0) is 16.4 Å². The second-order valence-corrected chi connectivity index (χ2v) is 8.65. The van der Waals surface area contributed by atoms with Crippen LogP contribution in [0.15, 0.2) is 83.8 Å². The van der Waals surface area contributed by atoms with Crippen molar-refractivity contribution in [1.82, 2.24) is 0 Å². The standard InChI is InChI=1S/C22H20N2O3S/c1-16-14-18-15-17(22(25)23-19-8-4-2-5-9-19)12-13-21(18)24(16)28(26,27)20-10-6-3-7-11-20/h2-13,15-16H,14H2,1H3,(H,23,25)/t16-/m1/s1. The van der Waals surface area contributed by atoms with E-state index in [0.29, 0.717) is 17.7 Å². The fraction of sp³-hybridized carbons (Fsp3) is 0.136. The average molecular weight is 392 g/mol. The van der Waals surface area contributed by atoms with E-state index >= 15 is 0 Å². The van der Waals surface area contributed by atoms with E-state index in [1.807, 2.05) is 37.3 Å². The Morgan fingerprint density at radius 1 is 0.964 bits per heavy atom. The topological polar surface area (TPSA) is 66.5 Å². The van der Waals surface area contributed by atoms with Crippen molar-refractivity contribution in [3.05, 3.63) is 90.0 Å². The molecular weight excluding hydrogens is 372 g/mol. The number of carbonyl (C=O) groups is 1. The number of anilines is 2. The molecule has 1 aliphatic rings. The molecule has 0 aromatic heterocycles. The molecule has 0 spiro atoms. The lowest BCUT2D eigenvalue weighted by Crippen LogP contribution is -2.35. The SMILES string of the molecule is C[C@@H]1Cc2cc(C(=O)Nc3ccccc3)ccc2N1S(=O)(=O)c1ccccc1. The maximum atomic E-state index is 13.1. The summed E-state index contributed by atoms with van der Waals surface area (Å²) in [5, 5.41) is 2.86. The van der Waals surface area contributed by atoms with Gasteiger partial charge in [0.1, 0.15) is 0 Å².